The summed E-state index contributed by atoms with van der Waals surface area (Å²) < 4.78 is 34.0. The Morgan fingerprint density at radius 3 is 2.50 bits per heavy atom. The summed E-state index contributed by atoms with van der Waals surface area (Å²) in [6.45, 7) is 8.93. The minimum atomic E-state index is -2.53. The van der Waals surface area contributed by atoms with Crippen molar-refractivity contribution in [1.29, 1.82) is 0 Å². The maximum Gasteiger partial charge on any atom is 0.359 e. The van der Waals surface area contributed by atoms with E-state index < -0.39 is 11.9 Å². The van der Waals surface area contributed by atoms with E-state index in [-0.39, 0.29) is 30.1 Å². The molecule has 1 aromatic rings. The summed E-state index contributed by atoms with van der Waals surface area (Å²) in [6.07, 6.45) is 1.20. The van der Waals surface area contributed by atoms with Crippen LogP contribution in [0.5, 0.6) is 0 Å². The molecule has 0 unspecified atom stereocenters. The molecule has 0 N–H and O–H groups in total. The van der Waals surface area contributed by atoms with E-state index >= 15 is 0 Å². The molecule has 1 spiro atoms. The zero-order chi connectivity index (χ0) is 17.7. The number of alkyl halides is 2. The van der Waals surface area contributed by atoms with Crippen molar-refractivity contribution in [3.63, 3.8) is 0 Å². The molecular weight excluding hydrogens is 314 g/mol. The molecule has 1 saturated carbocycles. The number of carbonyl (C=O) groups is 1. The second-order valence-electron chi connectivity index (χ2n) is 8.22. The highest BCUT2D eigenvalue weighted by molar-refractivity contribution is 5.89. The SMILES string of the molecule is CC(C)COC(=O)c1nn2c(c1C(C)C)CC1(CC2)CC(F)(F)C1. The van der Waals surface area contributed by atoms with Crippen LogP contribution in [0, 0.1) is 11.3 Å². The van der Waals surface area contributed by atoms with Gasteiger partial charge < -0.3 is 4.74 Å². The summed E-state index contributed by atoms with van der Waals surface area (Å²) in [7, 11) is 0. The topological polar surface area (TPSA) is 44.1 Å². The molecule has 4 nitrogen and oxygen atoms in total. The van der Waals surface area contributed by atoms with Crippen LogP contribution in [0.1, 0.15) is 74.6 Å². The van der Waals surface area contributed by atoms with Crippen molar-refractivity contribution in [2.24, 2.45) is 11.3 Å². The average molecular weight is 340 g/mol. The van der Waals surface area contributed by atoms with Gasteiger partial charge in [-0.1, -0.05) is 27.7 Å². The summed E-state index contributed by atoms with van der Waals surface area (Å²) in [4.78, 5) is 12.4. The number of hydrogen-bond acceptors (Lipinski definition) is 3. The standard InChI is InChI=1S/C18H26F2N2O2/c1-11(2)8-24-16(23)15-14(12(3)4)13-7-17(5-6-22(13)21-15)9-18(19,20)10-17/h11-12H,5-10H2,1-4H3. The molecular formula is C18H26F2N2O2. The molecule has 0 atom stereocenters. The van der Waals surface area contributed by atoms with Crippen molar-refractivity contribution in [2.45, 2.75) is 71.8 Å². The number of rotatable bonds is 4. The lowest BCUT2D eigenvalue weighted by molar-refractivity contribution is -0.169. The van der Waals surface area contributed by atoms with Gasteiger partial charge in [-0.25, -0.2) is 13.6 Å². The number of halogens is 2. The van der Waals surface area contributed by atoms with Crippen LogP contribution in [0.3, 0.4) is 0 Å². The van der Waals surface area contributed by atoms with Crippen LogP contribution in [0.25, 0.3) is 0 Å². The van der Waals surface area contributed by atoms with Crippen molar-refractivity contribution in [3.05, 3.63) is 17.0 Å². The Hall–Kier alpha value is -1.46. The second-order valence-corrected chi connectivity index (χ2v) is 8.22. The van der Waals surface area contributed by atoms with Crippen molar-refractivity contribution < 1.29 is 18.3 Å². The highest BCUT2D eigenvalue weighted by atomic mass is 19.3. The Morgan fingerprint density at radius 1 is 1.29 bits per heavy atom. The van der Waals surface area contributed by atoms with Gasteiger partial charge in [0.2, 0.25) is 5.92 Å². The number of carbonyl (C=O) groups excluding carboxylic acids is 1. The van der Waals surface area contributed by atoms with Crippen LogP contribution in [0.15, 0.2) is 0 Å². The lowest BCUT2D eigenvalue weighted by Crippen LogP contribution is -2.50. The highest BCUT2D eigenvalue weighted by Crippen LogP contribution is 2.57. The molecule has 0 aromatic carbocycles. The van der Waals surface area contributed by atoms with E-state index in [2.05, 4.69) is 5.10 Å². The smallest absolute Gasteiger partial charge is 0.359 e. The van der Waals surface area contributed by atoms with Crippen LogP contribution >= 0.6 is 0 Å². The summed E-state index contributed by atoms with van der Waals surface area (Å²) >= 11 is 0. The first-order valence-electron chi connectivity index (χ1n) is 8.77. The number of aryl methyl sites for hydroxylation is 1. The number of esters is 1. The monoisotopic (exact) mass is 340 g/mol. The molecule has 0 saturated heterocycles. The molecule has 1 aliphatic heterocycles. The number of nitrogens with zero attached hydrogens (tertiary/aromatic N) is 2. The molecule has 0 bridgehead atoms. The van der Waals surface area contributed by atoms with Gasteiger partial charge in [0.05, 0.1) is 6.61 Å². The minimum Gasteiger partial charge on any atom is -0.461 e. The van der Waals surface area contributed by atoms with E-state index in [4.69, 9.17) is 4.74 Å². The van der Waals surface area contributed by atoms with Gasteiger partial charge >= 0.3 is 5.97 Å². The molecule has 24 heavy (non-hydrogen) atoms. The molecule has 0 radical (unpaired) electrons. The van der Waals surface area contributed by atoms with E-state index in [1.165, 1.54) is 0 Å². The summed E-state index contributed by atoms with van der Waals surface area (Å²) in [6, 6.07) is 0. The molecule has 1 fully saturated rings. The first-order valence-corrected chi connectivity index (χ1v) is 8.77. The van der Waals surface area contributed by atoms with Crippen LogP contribution < -0.4 is 0 Å². The maximum atomic E-state index is 13.4. The first-order chi connectivity index (χ1) is 11.1. The third-order valence-electron chi connectivity index (χ3n) is 5.08. The Labute approximate surface area is 141 Å². The minimum absolute atomic E-state index is 0.0458. The fraction of sp³-hybridized carbons (Fsp3) is 0.778. The van der Waals surface area contributed by atoms with Gasteiger partial charge in [-0.05, 0) is 30.1 Å². The number of aromatic nitrogens is 2. The van der Waals surface area contributed by atoms with Gasteiger partial charge in [0.25, 0.3) is 0 Å². The largest absolute Gasteiger partial charge is 0.461 e. The molecule has 3 rings (SSSR count). The Balaban J connectivity index is 1.88. The fourth-order valence-electron chi connectivity index (χ4n) is 4.08. The fourth-order valence-corrected chi connectivity index (χ4v) is 4.08. The zero-order valence-corrected chi connectivity index (χ0v) is 14.9. The Kier molecular flexibility index (Phi) is 4.21. The molecule has 1 aliphatic carbocycles. The number of ether oxygens (including phenoxy) is 1. The lowest BCUT2D eigenvalue weighted by atomic mass is 9.60. The summed E-state index contributed by atoms with van der Waals surface area (Å²) in [5.74, 6) is -2.57. The molecule has 1 aromatic heterocycles. The zero-order valence-electron chi connectivity index (χ0n) is 14.9. The summed E-state index contributed by atoms with van der Waals surface area (Å²) in [5.41, 5.74) is 1.87. The molecule has 0 amide bonds. The predicted octanol–water partition coefficient (Wildman–Crippen LogP) is 4.18. The van der Waals surface area contributed by atoms with Crippen LogP contribution in [0.2, 0.25) is 0 Å². The third kappa shape index (κ3) is 3.07. The van der Waals surface area contributed by atoms with Gasteiger partial charge in [-0.15, -0.1) is 0 Å². The Morgan fingerprint density at radius 2 is 1.96 bits per heavy atom. The van der Waals surface area contributed by atoms with Gasteiger partial charge in [0.15, 0.2) is 5.69 Å². The molecule has 134 valence electrons. The third-order valence-corrected chi connectivity index (χ3v) is 5.08. The van der Waals surface area contributed by atoms with E-state index in [0.717, 1.165) is 11.3 Å². The number of fused-ring (bicyclic) bond motifs is 1. The maximum absolute atomic E-state index is 13.4. The van der Waals surface area contributed by atoms with Crippen LogP contribution in [0.4, 0.5) is 8.78 Å². The van der Waals surface area contributed by atoms with E-state index in [1.807, 2.05) is 32.4 Å². The normalized spacial score (nSPS) is 21.0. The van der Waals surface area contributed by atoms with Crippen LogP contribution in [-0.4, -0.2) is 28.3 Å². The first kappa shape index (κ1) is 17.4. The van der Waals surface area contributed by atoms with Crippen molar-refractivity contribution in [2.75, 3.05) is 6.61 Å². The lowest BCUT2D eigenvalue weighted by Gasteiger charge is -2.49. The van der Waals surface area contributed by atoms with Crippen molar-refractivity contribution >= 4 is 5.97 Å². The van der Waals surface area contributed by atoms with E-state index in [9.17, 15) is 13.6 Å². The second kappa shape index (κ2) is 5.81. The van der Waals surface area contributed by atoms with E-state index in [1.54, 1.807) is 0 Å². The van der Waals surface area contributed by atoms with Crippen LogP contribution in [-0.2, 0) is 17.7 Å². The molecule has 2 heterocycles. The molecule has 6 heteroatoms. The average Bonchev–Trinajstić information content (AvgIpc) is 2.81. The van der Waals surface area contributed by atoms with Gasteiger partial charge in [-0.2, -0.15) is 5.10 Å². The Bertz CT molecular complexity index is 642. The van der Waals surface area contributed by atoms with E-state index in [0.29, 0.717) is 31.7 Å². The van der Waals surface area contributed by atoms with Gasteiger partial charge in [-0.3, -0.25) is 4.68 Å². The highest BCUT2D eigenvalue weighted by Gasteiger charge is 2.57. The van der Waals surface area contributed by atoms with Gasteiger partial charge in [0.1, 0.15) is 0 Å². The predicted molar refractivity (Wildman–Crippen MR) is 86.4 cm³/mol. The molecule has 2 aliphatic rings. The van der Waals surface area contributed by atoms with Crippen molar-refractivity contribution in [3.8, 4) is 0 Å². The van der Waals surface area contributed by atoms with Gasteiger partial charge in [0, 0.05) is 30.6 Å². The quantitative estimate of drug-likeness (QED) is 0.772. The number of hydrogen-bond donors (Lipinski definition) is 0. The summed E-state index contributed by atoms with van der Waals surface area (Å²) in [5, 5.41) is 4.46. The van der Waals surface area contributed by atoms with Crippen molar-refractivity contribution in [1.82, 2.24) is 9.78 Å².